The third kappa shape index (κ3) is 2.97. The van der Waals surface area contributed by atoms with Crippen molar-refractivity contribution in [1.29, 1.82) is 0 Å². The predicted octanol–water partition coefficient (Wildman–Crippen LogP) is 1.60. The molecule has 0 saturated carbocycles. The fourth-order valence-electron chi connectivity index (χ4n) is 1.92. The van der Waals surface area contributed by atoms with E-state index in [1.54, 1.807) is 7.11 Å². The van der Waals surface area contributed by atoms with E-state index in [0.29, 0.717) is 19.6 Å². The molecule has 0 saturated heterocycles. The number of para-hydroxylation sites is 1. The SMILES string of the molecule is COCCCOC(=O)C1Cc2ccccc2N1. The van der Waals surface area contributed by atoms with E-state index in [1.807, 2.05) is 24.3 Å². The number of benzene rings is 1. The molecule has 17 heavy (non-hydrogen) atoms. The number of fused-ring (bicyclic) bond motifs is 1. The van der Waals surface area contributed by atoms with Crippen LogP contribution >= 0.6 is 0 Å². The molecule has 1 aliphatic heterocycles. The lowest BCUT2D eigenvalue weighted by atomic mass is 10.1. The quantitative estimate of drug-likeness (QED) is 0.622. The van der Waals surface area contributed by atoms with Gasteiger partial charge in [-0.1, -0.05) is 18.2 Å². The highest BCUT2D eigenvalue weighted by atomic mass is 16.5. The number of esters is 1. The molecule has 0 aromatic heterocycles. The Hall–Kier alpha value is -1.55. The maximum Gasteiger partial charge on any atom is 0.328 e. The van der Waals surface area contributed by atoms with E-state index < -0.39 is 0 Å². The number of nitrogens with one attached hydrogen (secondary N) is 1. The van der Waals surface area contributed by atoms with Gasteiger partial charge >= 0.3 is 5.97 Å². The van der Waals surface area contributed by atoms with Crippen molar-refractivity contribution in [3.8, 4) is 0 Å². The molecule has 0 radical (unpaired) electrons. The van der Waals surface area contributed by atoms with E-state index in [4.69, 9.17) is 9.47 Å². The Morgan fingerprint density at radius 2 is 2.24 bits per heavy atom. The lowest BCUT2D eigenvalue weighted by Crippen LogP contribution is -2.29. The standard InChI is InChI=1S/C13H17NO3/c1-16-7-4-8-17-13(15)12-9-10-5-2-3-6-11(10)14-12/h2-3,5-6,12,14H,4,7-9H2,1H3. The molecular formula is C13H17NO3. The Kier molecular flexibility index (Phi) is 3.98. The summed E-state index contributed by atoms with van der Waals surface area (Å²) in [5.41, 5.74) is 2.21. The molecule has 4 heteroatoms. The third-order valence-corrected chi connectivity index (χ3v) is 2.79. The minimum Gasteiger partial charge on any atom is -0.464 e. The zero-order valence-corrected chi connectivity index (χ0v) is 9.94. The van der Waals surface area contributed by atoms with Gasteiger partial charge in [-0.05, 0) is 11.6 Å². The summed E-state index contributed by atoms with van der Waals surface area (Å²) in [6, 6.07) is 7.70. The van der Waals surface area contributed by atoms with Crippen LogP contribution in [0.2, 0.25) is 0 Å². The van der Waals surface area contributed by atoms with Crippen LogP contribution < -0.4 is 5.32 Å². The topological polar surface area (TPSA) is 47.6 Å². The second-order valence-electron chi connectivity index (χ2n) is 4.07. The Balaban J connectivity index is 1.80. The summed E-state index contributed by atoms with van der Waals surface area (Å²) in [4.78, 5) is 11.8. The van der Waals surface area contributed by atoms with E-state index >= 15 is 0 Å². The third-order valence-electron chi connectivity index (χ3n) is 2.79. The van der Waals surface area contributed by atoms with Crippen molar-refractivity contribution in [2.24, 2.45) is 0 Å². The van der Waals surface area contributed by atoms with Crippen LogP contribution in [0.15, 0.2) is 24.3 Å². The van der Waals surface area contributed by atoms with Gasteiger partial charge in [0.1, 0.15) is 6.04 Å². The zero-order chi connectivity index (χ0) is 12.1. The van der Waals surface area contributed by atoms with Gasteiger partial charge in [-0.2, -0.15) is 0 Å². The predicted molar refractivity (Wildman–Crippen MR) is 65.0 cm³/mol. The molecule has 1 aromatic carbocycles. The number of carbonyl (C=O) groups is 1. The largest absolute Gasteiger partial charge is 0.464 e. The highest BCUT2D eigenvalue weighted by molar-refractivity contribution is 5.82. The van der Waals surface area contributed by atoms with Gasteiger partial charge < -0.3 is 14.8 Å². The van der Waals surface area contributed by atoms with Gasteiger partial charge in [0.25, 0.3) is 0 Å². The molecule has 0 fully saturated rings. The Labute approximate surface area is 101 Å². The summed E-state index contributed by atoms with van der Waals surface area (Å²) in [6.07, 6.45) is 1.45. The van der Waals surface area contributed by atoms with Gasteiger partial charge in [0, 0.05) is 32.2 Å². The van der Waals surface area contributed by atoms with E-state index in [-0.39, 0.29) is 12.0 Å². The number of carbonyl (C=O) groups excluding carboxylic acids is 1. The average Bonchev–Trinajstić information content (AvgIpc) is 2.78. The van der Waals surface area contributed by atoms with Gasteiger partial charge in [-0.15, -0.1) is 0 Å². The molecule has 4 nitrogen and oxygen atoms in total. The van der Waals surface area contributed by atoms with Crippen molar-refractivity contribution in [3.05, 3.63) is 29.8 Å². The molecule has 1 heterocycles. The average molecular weight is 235 g/mol. The Morgan fingerprint density at radius 3 is 3.00 bits per heavy atom. The van der Waals surface area contributed by atoms with Crippen LogP contribution in [0.25, 0.3) is 0 Å². The molecule has 0 spiro atoms. The molecule has 2 rings (SSSR count). The molecule has 0 bridgehead atoms. The molecule has 1 unspecified atom stereocenters. The molecule has 1 atom stereocenters. The first-order valence-electron chi connectivity index (χ1n) is 5.81. The first kappa shape index (κ1) is 11.9. The maximum atomic E-state index is 11.8. The first-order chi connectivity index (χ1) is 8.31. The van der Waals surface area contributed by atoms with Crippen molar-refractivity contribution in [3.63, 3.8) is 0 Å². The number of ether oxygens (including phenoxy) is 2. The summed E-state index contributed by atoms with van der Waals surface area (Å²) in [7, 11) is 1.64. The van der Waals surface area contributed by atoms with Crippen molar-refractivity contribution in [2.75, 3.05) is 25.6 Å². The van der Waals surface area contributed by atoms with Gasteiger partial charge in [-0.3, -0.25) is 0 Å². The molecule has 0 amide bonds. The maximum absolute atomic E-state index is 11.8. The van der Waals surface area contributed by atoms with E-state index in [0.717, 1.165) is 12.1 Å². The van der Waals surface area contributed by atoms with Gasteiger partial charge in [0.05, 0.1) is 6.61 Å². The van der Waals surface area contributed by atoms with E-state index in [2.05, 4.69) is 5.32 Å². The van der Waals surface area contributed by atoms with Crippen LogP contribution in [-0.2, 0) is 20.7 Å². The summed E-state index contributed by atoms with van der Waals surface area (Å²) in [5.74, 6) is -0.183. The fourth-order valence-corrected chi connectivity index (χ4v) is 1.92. The Morgan fingerprint density at radius 1 is 1.41 bits per heavy atom. The highest BCUT2D eigenvalue weighted by Crippen LogP contribution is 2.25. The van der Waals surface area contributed by atoms with Crippen molar-refractivity contribution >= 4 is 11.7 Å². The zero-order valence-electron chi connectivity index (χ0n) is 9.94. The van der Waals surface area contributed by atoms with Crippen LogP contribution in [0, 0.1) is 0 Å². The smallest absolute Gasteiger partial charge is 0.328 e. The lowest BCUT2D eigenvalue weighted by molar-refractivity contribution is -0.144. The summed E-state index contributed by atoms with van der Waals surface area (Å²) >= 11 is 0. The molecule has 92 valence electrons. The van der Waals surface area contributed by atoms with Crippen molar-refractivity contribution in [2.45, 2.75) is 18.9 Å². The van der Waals surface area contributed by atoms with Crippen LogP contribution in [0.1, 0.15) is 12.0 Å². The number of methoxy groups -OCH3 is 1. The first-order valence-corrected chi connectivity index (χ1v) is 5.81. The van der Waals surface area contributed by atoms with Crippen LogP contribution in [-0.4, -0.2) is 32.3 Å². The summed E-state index contributed by atoms with van der Waals surface area (Å²) in [6.45, 7) is 1.03. The van der Waals surface area contributed by atoms with Gasteiger partial charge in [-0.25, -0.2) is 4.79 Å². The molecule has 1 aliphatic rings. The number of hydrogen-bond acceptors (Lipinski definition) is 4. The second kappa shape index (κ2) is 5.68. The van der Waals surface area contributed by atoms with Gasteiger partial charge in [0.2, 0.25) is 0 Å². The summed E-state index contributed by atoms with van der Waals surface area (Å²) in [5, 5.41) is 3.17. The second-order valence-corrected chi connectivity index (χ2v) is 4.07. The van der Waals surface area contributed by atoms with E-state index in [9.17, 15) is 4.79 Å². The minimum absolute atomic E-state index is 0.183. The number of hydrogen-bond donors (Lipinski definition) is 1. The molecule has 0 aliphatic carbocycles. The van der Waals surface area contributed by atoms with Crippen LogP contribution in [0.4, 0.5) is 5.69 Å². The normalized spacial score (nSPS) is 17.4. The van der Waals surface area contributed by atoms with Gasteiger partial charge in [0.15, 0.2) is 0 Å². The molecule has 1 aromatic rings. The lowest BCUT2D eigenvalue weighted by Gasteiger charge is -2.10. The van der Waals surface area contributed by atoms with Crippen molar-refractivity contribution in [1.82, 2.24) is 0 Å². The fraction of sp³-hybridized carbons (Fsp3) is 0.462. The van der Waals surface area contributed by atoms with E-state index in [1.165, 1.54) is 5.56 Å². The van der Waals surface area contributed by atoms with Crippen molar-refractivity contribution < 1.29 is 14.3 Å². The monoisotopic (exact) mass is 235 g/mol. The summed E-state index contributed by atoms with van der Waals surface area (Å²) < 4.78 is 10.1. The van der Waals surface area contributed by atoms with Crippen LogP contribution in [0.5, 0.6) is 0 Å². The number of rotatable bonds is 5. The Bertz CT molecular complexity index is 367. The highest BCUT2D eigenvalue weighted by Gasteiger charge is 2.27. The molecular weight excluding hydrogens is 218 g/mol. The minimum atomic E-state index is -0.241. The van der Waals surface area contributed by atoms with Crippen LogP contribution in [0.3, 0.4) is 0 Å². The number of anilines is 1. The molecule has 1 N–H and O–H groups in total.